The number of hydrogen-bond donors (Lipinski definition) is 0. The number of hydrogen-bond acceptors (Lipinski definition) is 5. The van der Waals surface area contributed by atoms with Crippen LogP contribution in [0.2, 0.25) is 5.02 Å². The van der Waals surface area contributed by atoms with Crippen LogP contribution in [0.15, 0.2) is 78.9 Å². The zero-order valence-electron chi connectivity index (χ0n) is 15.3. The van der Waals surface area contributed by atoms with E-state index in [0.29, 0.717) is 27.5 Å². The van der Waals surface area contributed by atoms with E-state index in [9.17, 15) is 14.4 Å². The normalized spacial score (nSPS) is 10.2. The van der Waals surface area contributed by atoms with Crippen LogP contribution < -0.4 is 4.74 Å². The summed E-state index contributed by atoms with van der Waals surface area (Å²) in [5, 5.41) is 0.564. The highest BCUT2D eigenvalue weighted by Gasteiger charge is 2.13. The molecule has 0 aliphatic rings. The van der Waals surface area contributed by atoms with E-state index >= 15 is 0 Å². The van der Waals surface area contributed by atoms with Crippen molar-refractivity contribution in [2.24, 2.45) is 0 Å². The first-order chi connectivity index (χ1) is 14.0. The van der Waals surface area contributed by atoms with E-state index in [0.717, 1.165) is 0 Å². The summed E-state index contributed by atoms with van der Waals surface area (Å²) in [5.41, 5.74) is 1.35. The zero-order valence-corrected chi connectivity index (χ0v) is 16.1. The molecule has 0 unspecified atom stereocenters. The molecule has 29 heavy (non-hydrogen) atoms. The second-order valence-corrected chi connectivity index (χ2v) is 6.52. The third-order valence-electron chi connectivity index (χ3n) is 4.01. The average molecular weight is 409 g/mol. The number of carbonyl (C=O) groups is 3. The van der Waals surface area contributed by atoms with Crippen LogP contribution in [0.5, 0.6) is 5.75 Å². The molecular weight excluding hydrogens is 392 g/mol. The van der Waals surface area contributed by atoms with Crippen molar-refractivity contribution in [1.29, 1.82) is 0 Å². The Bertz CT molecular complexity index is 996. The topological polar surface area (TPSA) is 69.7 Å². The third kappa shape index (κ3) is 5.77. The maximum Gasteiger partial charge on any atom is 0.345 e. The van der Waals surface area contributed by atoms with Crippen molar-refractivity contribution in [2.45, 2.75) is 6.42 Å². The summed E-state index contributed by atoms with van der Waals surface area (Å²) in [7, 11) is 0. The van der Waals surface area contributed by atoms with Gasteiger partial charge < -0.3 is 9.47 Å². The molecule has 0 radical (unpaired) electrons. The molecular formula is C23H17ClO5. The molecule has 3 aromatic rings. The van der Waals surface area contributed by atoms with Gasteiger partial charge in [-0.2, -0.15) is 0 Å². The lowest BCUT2D eigenvalue weighted by Gasteiger charge is -2.07. The highest BCUT2D eigenvalue weighted by molar-refractivity contribution is 6.30. The smallest absolute Gasteiger partial charge is 0.345 e. The Morgan fingerprint density at radius 3 is 1.93 bits per heavy atom. The van der Waals surface area contributed by atoms with Crippen molar-refractivity contribution < 1.29 is 23.9 Å². The number of benzene rings is 3. The maximum atomic E-state index is 12.4. The van der Waals surface area contributed by atoms with Crippen molar-refractivity contribution in [3.63, 3.8) is 0 Å². The molecule has 0 aliphatic carbocycles. The summed E-state index contributed by atoms with van der Waals surface area (Å²) < 4.78 is 10.2. The first-order valence-electron chi connectivity index (χ1n) is 8.86. The van der Waals surface area contributed by atoms with Crippen LogP contribution in [-0.2, 0) is 9.53 Å². The number of esters is 2. The summed E-state index contributed by atoms with van der Waals surface area (Å²) in [6.45, 7) is 0.0470. The molecule has 0 amide bonds. The second-order valence-electron chi connectivity index (χ2n) is 6.09. The van der Waals surface area contributed by atoms with Gasteiger partial charge in [0.05, 0.1) is 18.6 Å². The molecule has 0 atom stereocenters. The van der Waals surface area contributed by atoms with Gasteiger partial charge in [-0.1, -0.05) is 29.8 Å². The molecule has 0 aliphatic heterocycles. The van der Waals surface area contributed by atoms with Crippen molar-refractivity contribution in [1.82, 2.24) is 0 Å². The van der Waals surface area contributed by atoms with E-state index in [-0.39, 0.29) is 18.8 Å². The number of ether oxygens (including phenoxy) is 2. The summed E-state index contributed by atoms with van der Waals surface area (Å²) in [6, 6.07) is 21.5. The fourth-order valence-electron chi connectivity index (χ4n) is 2.51. The van der Waals surface area contributed by atoms with Crippen LogP contribution >= 0.6 is 11.6 Å². The zero-order chi connectivity index (χ0) is 20.6. The quantitative estimate of drug-likeness (QED) is 0.321. The summed E-state index contributed by atoms with van der Waals surface area (Å²) >= 11 is 5.83. The maximum absolute atomic E-state index is 12.4. The van der Waals surface area contributed by atoms with E-state index in [1.165, 1.54) is 0 Å². The lowest BCUT2D eigenvalue weighted by molar-refractivity contribution is -0.138. The molecule has 0 bridgehead atoms. The molecule has 5 nitrogen and oxygen atoms in total. The van der Waals surface area contributed by atoms with E-state index in [2.05, 4.69) is 0 Å². The Hall–Kier alpha value is -3.44. The first-order valence-corrected chi connectivity index (χ1v) is 9.24. The number of carbonyl (C=O) groups excluding carboxylic acids is 3. The van der Waals surface area contributed by atoms with Gasteiger partial charge in [-0.3, -0.25) is 9.59 Å². The molecule has 0 saturated carbocycles. The minimum Gasteiger partial charge on any atom is -0.493 e. The number of ketones is 1. The van der Waals surface area contributed by atoms with E-state index in [1.807, 2.05) is 0 Å². The van der Waals surface area contributed by atoms with Crippen LogP contribution in [0.25, 0.3) is 0 Å². The van der Waals surface area contributed by atoms with Crippen molar-refractivity contribution >= 4 is 29.3 Å². The van der Waals surface area contributed by atoms with E-state index in [1.54, 1.807) is 78.9 Å². The van der Waals surface area contributed by atoms with Crippen LogP contribution in [-0.4, -0.2) is 24.3 Å². The van der Waals surface area contributed by atoms with Crippen LogP contribution in [0, 0.1) is 0 Å². The monoisotopic (exact) mass is 408 g/mol. The average Bonchev–Trinajstić information content (AvgIpc) is 2.75. The minimum absolute atomic E-state index is 0.0470. The van der Waals surface area contributed by atoms with Gasteiger partial charge in [-0.15, -0.1) is 0 Å². The van der Waals surface area contributed by atoms with Crippen molar-refractivity contribution in [3.8, 4) is 5.75 Å². The third-order valence-corrected chi connectivity index (χ3v) is 4.27. The summed E-state index contributed by atoms with van der Waals surface area (Å²) in [5.74, 6) is -0.995. The molecule has 6 heteroatoms. The summed E-state index contributed by atoms with van der Waals surface area (Å²) in [4.78, 5) is 36.0. The largest absolute Gasteiger partial charge is 0.493 e. The Kier molecular flexibility index (Phi) is 6.76. The Morgan fingerprint density at radius 1 is 0.724 bits per heavy atom. The molecule has 0 heterocycles. The minimum atomic E-state index is -0.694. The predicted molar refractivity (Wildman–Crippen MR) is 108 cm³/mol. The van der Waals surface area contributed by atoms with Gasteiger partial charge in [-0.05, 0) is 60.7 Å². The first kappa shape index (κ1) is 20.3. The molecule has 0 N–H and O–H groups in total. The highest BCUT2D eigenvalue weighted by Crippen LogP contribution is 2.17. The van der Waals surface area contributed by atoms with Crippen LogP contribution in [0.1, 0.15) is 32.7 Å². The summed E-state index contributed by atoms with van der Waals surface area (Å²) in [6.07, 6.45) is -0.0793. The van der Waals surface area contributed by atoms with Gasteiger partial charge in [0, 0.05) is 16.1 Å². The molecule has 0 aromatic heterocycles. The Labute approximate surface area is 172 Å². The van der Waals surface area contributed by atoms with E-state index in [4.69, 9.17) is 21.1 Å². The highest BCUT2D eigenvalue weighted by atomic mass is 35.5. The fourth-order valence-corrected chi connectivity index (χ4v) is 2.64. The molecule has 0 saturated heterocycles. The molecule has 0 fully saturated rings. The number of halogens is 1. The predicted octanol–water partition coefficient (Wildman–Crippen LogP) is 4.72. The van der Waals surface area contributed by atoms with Crippen molar-refractivity contribution in [2.75, 3.05) is 6.61 Å². The van der Waals surface area contributed by atoms with Crippen molar-refractivity contribution in [3.05, 3.63) is 101 Å². The van der Waals surface area contributed by atoms with Crippen LogP contribution in [0.3, 0.4) is 0 Å². The second kappa shape index (κ2) is 9.66. The van der Waals surface area contributed by atoms with Gasteiger partial charge in [-0.25, -0.2) is 4.79 Å². The molecule has 146 valence electrons. The lowest BCUT2D eigenvalue weighted by atomic mass is 10.0. The van der Waals surface area contributed by atoms with Gasteiger partial charge in [0.25, 0.3) is 0 Å². The molecule has 3 rings (SSSR count). The van der Waals surface area contributed by atoms with Gasteiger partial charge >= 0.3 is 11.9 Å². The SMILES string of the molecule is O=C(CCOc1ccc(C(=O)c2ccc(Cl)cc2)cc1)OC(=O)c1ccccc1. The van der Waals surface area contributed by atoms with E-state index < -0.39 is 11.9 Å². The molecule has 0 spiro atoms. The number of rotatable bonds is 7. The van der Waals surface area contributed by atoms with Gasteiger partial charge in [0.15, 0.2) is 5.78 Å². The van der Waals surface area contributed by atoms with Gasteiger partial charge in [0.1, 0.15) is 5.75 Å². The fraction of sp³-hybridized carbons (Fsp3) is 0.0870. The Morgan fingerprint density at radius 2 is 1.31 bits per heavy atom. The molecule has 3 aromatic carbocycles. The van der Waals surface area contributed by atoms with Crippen LogP contribution in [0.4, 0.5) is 0 Å². The standard InChI is InChI=1S/C23H17ClO5/c24-19-10-6-16(7-11-19)22(26)17-8-12-20(13-9-17)28-15-14-21(25)29-23(27)18-4-2-1-3-5-18/h1-13H,14-15H2. The van der Waals surface area contributed by atoms with Gasteiger partial charge in [0.2, 0.25) is 0 Å². The Balaban J connectivity index is 1.47. The lowest BCUT2D eigenvalue weighted by Crippen LogP contribution is -2.15.